The Kier molecular flexibility index (Phi) is 9.38. The predicted octanol–water partition coefficient (Wildman–Crippen LogP) is 3.63. The van der Waals surface area contributed by atoms with Crippen LogP contribution in [0.5, 0.6) is 17.2 Å². The molecular weight excluding hydrogens is 531 g/mol. The highest BCUT2D eigenvalue weighted by Crippen LogP contribution is 2.30. The molecule has 0 atom stereocenters. The van der Waals surface area contributed by atoms with E-state index in [1.165, 1.54) is 4.57 Å². The highest BCUT2D eigenvalue weighted by molar-refractivity contribution is 5.80. The van der Waals surface area contributed by atoms with Gasteiger partial charge in [-0.25, -0.2) is 18.0 Å². The number of carbonyl (C=O) groups is 1. The van der Waals surface area contributed by atoms with Gasteiger partial charge in [-0.3, -0.25) is 18.7 Å². The zero-order chi connectivity index (χ0) is 28.8. The van der Waals surface area contributed by atoms with Crippen LogP contribution in [0.3, 0.4) is 0 Å². The number of aromatic nitrogens is 2. The first-order chi connectivity index (χ1) is 19.3. The topological polar surface area (TPSA) is 92.0 Å². The summed E-state index contributed by atoms with van der Waals surface area (Å²) in [7, 11) is 0. The average Bonchev–Trinajstić information content (AvgIpc) is 2.96. The monoisotopic (exact) mass is 563 g/mol. The number of likely N-dealkylation sites (tertiary alicyclic amines) is 1. The number of hydrogen-bond acceptors (Lipinski definition) is 6. The van der Waals surface area contributed by atoms with E-state index in [1.54, 1.807) is 23.1 Å². The molecule has 3 aromatic rings. The van der Waals surface area contributed by atoms with Gasteiger partial charge in [-0.15, -0.1) is 0 Å². The van der Waals surface area contributed by atoms with Crippen LogP contribution in [0.25, 0.3) is 10.9 Å². The summed E-state index contributed by atoms with van der Waals surface area (Å²) in [4.78, 5) is 40.3. The van der Waals surface area contributed by atoms with Gasteiger partial charge in [0.05, 0.1) is 30.7 Å². The van der Waals surface area contributed by atoms with E-state index in [2.05, 4.69) is 0 Å². The highest BCUT2D eigenvalue weighted by Gasteiger charge is 2.26. The molecule has 2 aromatic carbocycles. The fraction of sp³-hybridized carbons (Fsp3) is 0.464. The number of ether oxygens (including phenoxy) is 3. The molecule has 9 nitrogen and oxygen atoms in total. The number of piperidine rings is 1. The van der Waals surface area contributed by atoms with Gasteiger partial charge in [0, 0.05) is 25.2 Å². The second-order valence-corrected chi connectivity index (χ2v) is 9.41. The molecule has 0 aliphatic carbocycles. The number of halogens is 3. The Morgan fingerprint density at radius 3 is 2.27 bits per heavy atom. The second kappa shape index (κ2) is 12.9. The molecule has 4 rings (SSSR count). The van der Waals surface area contributed by atoms with E-state index in [0.29, 0.717) is 56.2 Å². The Balaban J connectivity index is 1.88. The van der Waals surface area contributed by atoms with Gasteiger partial charge in [0.15, 0.2) is 29.2 Å². The number of rotatable bonds is 12. The molecule has 0 bridgehead atoms. The van der Waals surface area contributed by atoms with Crippen molar-refractivity contribution in [2.45, 2.75) is 45.4 Å². The number of alkyl halides is 2. The van der Waals surface area contributed by atoms with Crippen molar-refractivity contribution >= 4 is 17.3 Å². The number of nitrogens with zero attached hydrogens (tertiary/aromatic N) is 3. The molecular formula is C28H32F3N3O6. The quantitative estimate of drug-likeness (QED) is 0.313. The Labute approximate surface area is 228 Å². The molecule has 0 N–H and O–H groups in total. The summed E-state index contributed by atoms with van der Waals surface area (Å²) in [6, 6.07) is 6.74. The van der Waals surface area contributed by atoms with Crippen molar-refractivity contribution < 1.29 is 32.2 Å². The molecule has 1 amide bonds. The summed E-state index contributed by atoms with van der Waals surface area (Å²) in [5, 5.41) is -0.0405. The largest absolute Gasteiger partial charge is 0.490 e. The Morgan fingerprint density at radius 1 is 0.975 bits per heavy atom. The summed E-state index contributed by atoms with van der Waals surface area (Å²) >= 11 is 0. The lowest BCUT2D eigenvalue weighted by Crippen LogP contribution is -2.44. The first-order valence-corrected chi connectivity index (χ1v) is 13.2. The van der Waals surface area contributed by atoms with Gasteiger partial charge < -0.3 is 19.1 Å². The molecule has 2 heterocycles. The van der Waals surface area contributed by atoms with Gasteiger partial charge in [0.2, 0.25) is 6.41 Å². The molecule has 1 fully saturated rings. The molecule has 0 unspecified atom stereocenters. The highest BCUT2D eigenvalue weighted by atomic mass is 19.1. The van der Waals surface area contributed by atoms with E-state index in [4.69, 9.17) is 14.2 Å². The van der Waals surface area contributed by atoms with Crippen LogP contribution in [0.2, 0.25) is 0 Å². The fourth-order valence-electron chi connectivity index (χ4n) is 4.87. The first-order valence-electron chi connectivity index (χ1n) is 13.2. The van der Waals surface area contributed by atoms with E-state index < -0.39 is 48.3 Å². The third-order valence-corrected chi connectivity index (χ3v) is 6.82. The minimum absolute atomic E-state index is 0.0405. The van der Waals surface area contributed by atoms with Gasteiger partial charge >= 0.3 is 5.69 Å². The molecule has 1 aromatic heterocycles. The number of carbonyl (C=O) groups excluding carboxylic acids is 1. The maximum atomic E-state index is 15.1. The van der Waals surface area contributed by atoms with Gasteiger partial charge in [-0.05, 0) is 50.5 Å². The van der Waals surface area contributed by atoms with Gasteiger partial charge in [0.1, 0.15) is 13.3 Å². The lowest BCUT2D eigenvalue weighted by Gasteiger charge is -2.31. The second-order valence-electron chi connectivity index (χ2n) is 9.41. The number of hydrogen-bond donors (Lipinski definition) is 0. The average molecular weight is 564 g/mol. The Morgan fingerprint density at radius 2 is 1.65 bits per heavy atom. The van der Waals surface area contributed by atoms with E-state index in [-0.39, 0.29) is 17.4 Å². The van der Waals surface area contributed by atoms with Crippen LogP contribution >= 0.6 is 0 Å². The lowest BCUT2D eigenvalue weighted by molar-refractivity contribution is -0.119. The predicted molar refractivity (Wildman–Crippen MR) is 143 cm³/mol. The van der Waals surface area contributed by atoms with E-state index in [0.717, 1.165) is 23.1 Å². The van der Waals surface area contributed by atoms with Crippen LogP contribution in [0.15, 0.2) is 39.9 Å². The number of amides is 1. The van der Waals surface area contributed by atoms with Crippen molar-refractivity contribution in [2.24, 2.45) is 0 Å². The van der Waals surface area contributed by atoms with Gasteiger partial charge in [0.25, 0.3) is 5.56 Å². The van der Waals surface area contributed by atoms with Crippen molar-refractivity contribution in [3.63, 3.8) is 0 Å². The molecule has 1 aliphatic heterocycles. The Hall–Kier alpha value is -3.96. The van der Waals surface area contributed by atoms with Crippen molar-refractivity contribution in [3.05, 3.63) is 62.6 Å². The van der Waals surface area contributed by atoms with E-state index in [9.17, 15) is 23.2 Å². The molecule has 1 saturated heterocycles. The van der Waals surface area contributed by atoms with E-state index in [1.807, 2.05) is 13.8 Å². The van der Waals surface area contributed by atoms with Crippen molar-refractivity contribution in [3.8, 4) is 17.2 Å². The van der Waals surface area contributed by atoms with Crippen molar-refractivity contribution in [1.29, 1.82) is 0 Å². The fourth-order valence-corrected chi connectivity index (χ4v) is 4.87. The molecule has 0 radical (unpaired) electrons. The third-order valence-electron chi connectivity index (χ3n) is 6.82. The minimum atomic E-state index is -1.53. The summed E-state index contributed by atoms with van der Waals surface area (Å²) in [5.41, 5.74) is -0.733. The zero-order valence-corrected chi connectivity index (χ0v) is 22.4. The SMILES string of the molecule is CCOc1ccc(Cn2c(=O)c3cc(OC(CF)CF)c(F)cc3n(C3CCN(C=O)CC3)c2=O)cc1OCC. The minimum Gasteiger partial charge on any atom is -0.490 e. The molecule has 12 heteroatoms. The van der Waals surface area contributed by atoms with Gasteiger partial charge in [-0.2, -0.15) is 0 Å². The zero-order valence-electron chi connectivity index (χ0n) is 22.4. The van der Waals surface area contributed by atoms with Crippen LogP contribution in [-0.4, -0.2) is 66.2 Å². The smallest absolute Gasteiger partial charge is 0.332 e. The third kappa shape index (κ3) is 5.95. The Bertz CT molecular complexity index is 1460. The summed E-state index contributed by atoms with van der Waals surface area (Å²) in [6.07, 6.45) is 0.0215. The summed E-state index contributed by atoms with van der Waals surface area (Å²) in [5.74, 6) is -0.468. The van der Waals surface area contributed by atoms with Crippen LogP contribution in [0.1, 0.15) is 38.3 Å². The standard InChI is InChI=1S/C28H32F3N3O6/c1-3-38-24-6-5-18(11-26(24)39-4-2)16-33-27(36)21-12-25(40-20(14-29)15-30)22(31)13-23(21)34(28(33)37)19-7-9-32(17-35)10-8-19/h5-6,11-13,17,19-20H,3-4,7-10,14-16H2,1-2H3. The van der Waals surface area contributed by atoms with Crippen LogP contribution < -0.4 is 25.5 Å². The summed E-state index contributed by atoms with van der Waals surface area (Å²) in [6.45, 7) is 2.72. The molecule has 216 valence electrons. The number of fused-ring (bicyclic) bond motifs is 1. The van der Waals surface area contributed by atoms with Crippen molar-refractivity contribution in [2.75, 3.05) is 39.7 Å². The molecule has 40 heavy (non-hydrogen) atoms. The summed E-state index contributed by atoms with van der Waals surface area (Å²) < 4.78 is 60.1. The molecule has 0 spiro atoms. The molecule has 0 saturated carbocycles. The maximum absolute atomic E-state index is 15.1. The van der Waals surface area contributed by atoms with Crippen LogP contribution in [0, 0.1) is 5.82 Å². The van der Waals surface area contributed by atoms with E-state index >= 15 is 4.39 Å². The molecule has 1 aliphatic rings. The van der Waals surface area contributed by atoms with Crippen LogP contribution in [0.4, 0.5) is 13.2 Å². The number of benzene rings is 2. The van der Waals surface area contributed by atoms with Crippen molar-refractivity contribution in [1.82, 2.24) is 14.0 Å². The lowest BCUT2D eigenvalue weighted by atomic mass is 10.0. The normalized spacial score (nSPS) is 14.1. The maximum Gasteiger partial charge on any atom is 0.332 e. The first kappa shape index (κ1) is 29.0. The van der Waals surface area contributed by atoms with Gasteiger partial charge in [-0.1, -0.05) is 6.07 Å². The van der Waals surface area contributed by atoms with Crippen LogP contribution in [-0.2, 0) is 11.3 Å².